The number of nitrogens with zero attached hydrogens (tertiary/aromatic N) is 1. The molecule has 3 heteroatoms. The number of aryl methyl sites for hydroxylation is 1. The lowest BCUT2D eigenvalue weighted by Gasteiger charge is -2.06. The van der Waals surface area contributed by atoms with Crippen LogP contribution < -0.4 is 5.32 Å². The number of carbonyl (C=O) groups is 1. The first-order valence-electron chi connectivity index (χ1n) is 4.95. The van der Waals surface area contributed by atoms with Crippen molar-refractivity contribution in [3.8, 4) is 0 Å². The number of unbranched alkanes of at least 4 members (excludes halogenated alkanes) is 1. The summed E-state index contributed by atoms with van der Waals surface area (Å²) in [5.41, 5.74) is 1.67. The average Bonchev–Trinajstić information content (AvgIpc) is 2.18. The van der Waals surface area contributed by atoms with Crippen LogP contribution in [0.4, 0.5) is 5.69 Å². The lowest BCUT2D eigenvalue weighted by molar-refractivity contribution is -0.116. The number of pyridine rings is 1. The Balaban J connectivity index is 2.52. The Morgan fingerprint density at radius 2 is 2.36 bits per heavy atom. The van der Waals surface area contributed by atoms with E-state index in [0.29, 0.717) is 6.42 Å². The Kier molecular flexibility index (Phi) is 4.11. The van der Waals surface area contributed by atoms with E-state index < -0.39 is 0 Å². The van der Waals surface area contributed by atoms with Gasteiger partial charge in [0.1, 0.15) is 0 Å². The average molecular weight is 192 g/mol. The Hall–Kier alpha value is -1.38. The van der Waals surface area contributed by atoms with Gasteiger partial charge in [-0.25, -0.2) is 0 Å². The van der Waals surface area contributed by atoms with Gasteiger partial charge in [0.15, 0.2) is 0 Å². The fourth-order valence-corrected chi connectivity index (χ4v) is 1.17. The standard InChI is InChI=1S/C11H16N2O/c1-3-4-7-11(14)13-10-6-5-8-12-9(10)2/h5-6,8H,3-4,7H2,1-2H3,(H,13,14). The van der Waals surface area contributed by atoms with Gasteiger partial charge in [-0.15, -0.1) is 0 Å². The maximum Gasteiger partial charge on any atom is 0.224 e. The van der Waals surface area contributed by atoms with Gasteiger partial charge in [-0.1, -0.05) is 13.3 Å². The van der Waals surface area contributed by atoms with Crippen LogP contribution in [-0.4, -0.2) is 10.9 Å². The molecule has 0 bridgehead atoms. The number of nitrogens with one attached hydrogen (secondary N) is 1. The summed E-state index contributed by atoms with van der Waals surface area (Å²) in [4.78, 5) is 15.5. The molecule has 1 aromatic heterocycles. The van der Waals surface area contributed by atoms with Crippen LogP contribution in [0.15, 0.2) is 18.3 Å². The summed E-state index contributed by atoms with van der Waals surface area (Å²) < 4.78 is 0. The van der Waals surface area contributed by atoms with Crippen molar-refractivity contribution in [1.82, 2.24) is 4.98 Å². The highest BCUT2D eigenvalue weighted by Gasteiger charge is 2.03. The highest BCUT2D eigenvalue weighted by Crippen LogP contribution is 2.10. The van der Waals surface area contributed by atoms with Crippen molar-refractivity contribution in [2.75, 3.05) is 5.32 Å². The van der Waals surface area contributed by atoms with Crippen LogP contribution in [0, 0.1) is 6.92 Å². The molecule has 1 rings (SSSR count). The summed E-state index contributed by atoms with van der Waals surface area (Å²) in [6.45, 7) is 3.96. The van der Waals surface area contributed by atoms with Crippen molar-refractivity contribution in [1.29, 1.82) is 0 Å². The van der Waals surface area contributed by atoms with E-state index in [1.165, 1.54) is 0 Å². The van der Waals surface area contributed by atoms with E-state index >= 15 is 0 Å². The Morgan fingerprint density at radius 1 is 1.57 bits per heavy atom. The van der Waals surface area contributed by atoms with Crippen molar-refractivity contribution in [2.45, 2.75) is 33.1 Å². The number of rotatable bonds is 4. The van der Waals surface area contributed by atoms with Gasteiger partial charge < -0.3 is 5.32 Å². The zero-order chi connectivity index (χ0) is 10.4. The minimum absolute atomic E-state index is 0.0722. The van der Waals surface area contributed by atoms with E-state index in [1.54, 1.807) is 6.20 Å². The number of hydrogen-bond acceptors (Lipinski definition) is 2. The highest BCUT2D eigenvalue weighted by molar-refractivity contribution is 5.91. The second-order valence-electron chi connectivity index (χ2n) is 3.29. The zero-order valence-corrected chi connectivity index (χ0v) is 8.71. The molecule has 0 aliphatic carbocycles. The van der Waals surface area contributed by atoms with Crippen LogP contribution in [0.1, 0.15) is 31.9 Å². The summed E-state index contributed by atoms with van der Waals surface area (Å²) in [6.07, 6.45) is 4.28. The predicted molar refractivity (Wildman–Crippen MR) is 57.1 cm³/mol. The van der Waals surface area contributed by atoms with Gasteiger partial charge in [-0.05, 0) is 25.5 Å². The molecule has 3 nitrogen and oxygen atoms in total. The molecule has 0 aliphatic heterocycles. The normalized spacial score (nSPS) is 9.86. The zero-order valence-electron chi connectivity index (χ0n) is 8.71. The lowest BCUT2D eigenvalue weighted by Crippen LogP contribution is -2.12. The monoisotopic (exact) mass is 192 g/mol. The smallest absolute Gasteiger partial charge is 0.224 e. The summed E-state index contributed by atoms with van der Waals surface area (Å²) in [7, 11) is 0. The molecular weight excluding hydrogens is 176 g/mol. The van der Waals surface area contributed by atoms with Gasteiger partial charge >= 0.3 is 0 Å². The molecule has 0 fully saturated rings. The molecule has 0 unspecified atom stereocenters. The van der Waals surface area contributed by atoms with Crippen molar-refractivity contribution in [3.63, 3.8) is 0 Å². The SMILES string of the molecule is CCCCC(=O)Nc1cccnc1C. The third kappa shape index (κ3) is 3.17. The van der Waals surface area contributed by atoms with Gasteiger partial charge in [-0.2, -0.15) is 0 Å². The first-order chi connectivity index (χ1) is 6.74. The van der Waals surface area contributed by atoms with Crippen molar-refractivity contribution in [3.05, 3.63) is 24.0 Å². The Bertz CT molecular complexity index is 310. The molecule has 76 valence electrons. The minimum atomic E-state index is 0.0722. The maximum absolute atomic E-state index is 11.4. The number of carbonyl (C=O) groups excluding carboxylic acids is 1. The van der Waals surface area contributed by atoms with Crippen molar-refractivity contribution in [2.24, 2.45) is 0 Å². The molecule has 1 amide bonds. The molecule has 0 radical (unpaired) electrons. The third-order valence-electron chi connectivity index (χ3n) is 2.04. The first kappa shape index (κ1) is 10.7. The molecule has 0 aliphatic rings. The van der Waals surface area contributed by atoms with E-state index in [0.717, 1.165) is 24.2 Å². The van der Waals surface area contributed by atoms with E-state index in [9.17, 15) is 4.79 Å². The molecule has 0 aromatic carbocycles. The number of amides is 1. The Morgan fingerprint density at radius 3 is 3.00 bits per heavy atom. The molecule has 1 heterocycles. The van der Waals surface area contributed by atoms with Crippen LogP contribution in [0.25, 0.3) is 0 Å². The molecule has 0 saturated carbocycles. The number of hydrogen-bond donors (Lipinski definition) is 1. The molecular formula is C11H16N2O. The summed E-state index contributed by atoms with van der Waals surface area (Å²) in [6, 6.07) is 3.69. The topological polar surface area (TPSA) is 42.0 Å². The van der Waals surface area contributed by atoms with Crippen molar-refractivity contribution < 1.29 is 4.79 Å². The second-order valence-corrected chi connectivity index (χ2v) is 3.29. The van der Waals surface area contributed by atoms with Gasteiger partial charge in [0, 0.05) is 12.6 Å². The number of anilines is 1. The van der Waals surface area contributed by atoms with Crippen molar-refractivity contribution >= 4 is 11.6 Å². The summed E-state index contributed by atoms with van der Waals surface area (Å²) in [5, 5.41) is 2.84. The van der Waals surface area contributed by atoms with Gasteiger partial charge in [0.2, 0.25) is 5.91 Å². The lowest BCUT2D eigenvalue weighted by atomic mass is 10.2. The van der Waals surface area contributed by atoms with Crippen LogP contribution in [0.3, 0.4) is 0 Å². The summed E-state index contributed by atoms with van der Waals surface area (Å²) >= 11 is 0. The largest absolute Gasteiger partial charge is 0.325 e. The maximum atomic E-state index is 11.4. The fraction of sp³-hybridized carbons (Fsp3) is 0.455. The van der Waals surface area contributed by atoms with Crippen LogP contribution in [-0.2, 0) is 4.79 Å². The number of aromatic nitrogens is 1. The molecule has 14 heavy (non-hydrogen) atoms. The van der Waals surface area contributed by atoms with Gasteiger partial charge in [0.25, 0.3) is 0 Å². The molecule has 0 saturated heterocycles. The summed E-state index contributed by atoms with van der Waals surface area (Å²) in [5.74, 6) is 0.0722. The molecule has 0 atom stereocenters. The minimum Gasteiger partial charge on any atom is -0.325 e. The molecule has 1 aromatic rings. The fourth-order valence-electron chi connectivity index (χ4n) is 1.17. The Labute approximate surface area is 84.6 Å². The van der Waals surface area contributed by atoms with E-state index in [4.69, 9.17) is 0 Å². The first-order valence-corrected chi connectivity index (χ1v) is 4.95. The van der Waals surface area contributed by atoms with E-state index in [1.807, 2.05) is 19.1 Å². The molecule has 0 spiro atoms. The predicted octanol–water partition coefficient (Wildman–Crippen LogP) is 2.52. The van der Waals surface area contributed by atoms with Gasteiger partial charge in [-0.3, -0.25) is 9.78 Å². The van der Waals surface area contributed by atoms with E-state index in [2.05, 4.69) is 17.2 Å². The molecule has 1 N–H and O–H groups in total. The van der Waals surface area contributed by atoms with Crippen LogP contribution in [0.5, 0.6) is 0 Å². The third-order valence-corrected chi connectivity index (χ3v) is 2.04. The van der Waals surface area contributed by atoms with Gasteiger partial charge in [0.05, 0.1) is 11.4 Å². The van der Waals surface area contributed by atoms with Crippen LogP contribution in [0.2, 0.25) is 0 Å². The second kappa shape index (κ2) is 5.37. The van der Waals surface area contributed by atoms with Crippen LogP contribution >= 0.6 is 0 Å². The highest BCUT2D eigenvalue weighted by atomic mass is 16.1. The quantitative estimate of drug-likeness (QED) is 0.796. The van der Waals surface area contributed by atoms with E-state index in [-0.39, 0.29) is 5.91 Å².